The first-order valence-electron chi connectivity index (χ1n) is 7.60. The van der Waals surface area contributed by atoms with Gasteiger partial charge in [-0.1, -0.05) is 32.6 Å². The Morgan fingerprint density at radius 3 is 2.78 bits per heavy atom. The Hall–Kier alpha value is -0.570. The van der Waals surface area contributed by atoms with E-state index in [1.807, 2.05) is 0 Å². The highest BCUT2D eigenvalue weighted by Crippen LogP contribution is 2.15. The van der Waals surface area contributed by atoms with Crippen LogP contribution in [0.4, 0.5) is 0 Å². The largest absolute Gasteiger partial charge is 0.462 e. The van der Waals surface area contributed by atoms with Crippen molar-refractivity contribution < 1.29 is 14.3 Å². The van der Waals surface area contributed by atoms with Crippen molar-refractivity contribution in [2.45, 2.75) is 77.2 Å². The second-order valence-electron chi connectivity index (χ2n) is 5.17. The summed E-state index contributed by atoms with van der Waals surface area (Å²) >= 11 is 0. The summed E-state index contributed by atoms with van der Waals surface area (Å²) in [6.07, 6.45) is 10.5. The van der Waals surface area contributed by atoms with Crippen LogP contribution in [0.1, 0.15) is 71.1 Å². The lowest BCUT2D eigenvalue weighted by atomic mass is 10.1. The third-order valence-corrected chi connectivity index (χ3v) is 3.43. The quantitative estimate of drug-likeness (QED) is 0.553. The molecule has 1 heterocycles. The van der Waals surface area contributed by atoms with Gasteiger partial charge in [0.1, 0.15) is 6.10 Å². The normalized spacial score (nSPS) is 22.4. The standard InChI is InChI=1S/C15H28O3/c1-2-3-6-10-15(16)18-14-9-7-4-5-8-12-17-13-11-14/h14H,2-13H2,1H3. The summed E-state index contributed by atoms with van der Waals surface area (Å²) in [6, 6.07) is 0. The number of esters is 1. The van der Waals surface area contributed by atoms with Gasteiger partial charge in [0.25, 0.3) is 0 Å². The van der Waals surface area contributed by atoms with Crippen LogP contribution in [0.5, 0.6) is 0 Å². The molecule has 0 spiro atoms. The van der Waals surface area contributed by atoms with Crippen LogP contribution in [0.2, 0.25) is 0 Å². The Kier molecular flexibility index (Phi) is 8.92. The van der Waals surface area contributed by atoms with E-state index in [1.54, 1.807) is 0 Å². The summed E-state index contributed by atoms with van der Waals surface area (Å²) < 4.78 is 11.1. The van der Waals surface area contributed by atoms with Gasteiger partial charge in [-0.3, -0.25) is 4.79 Å². The van der Waals surface area contributed by atoms with Gasteiger partial charge in [0, 0.05) is 19.4 Å². The number of carbonyl (C=O) groups excluding carboxylic acids is 1. The van der Waals surface area contributed by atoms with Crippen molar-refractivity contribution in [3.63, 3.8) is 0 Å². The molecule has 0 saturated carbocycles. The molecule has 1 aliphatic rings. The Labute approximate surface area is 111 Å². The van der Waals surface area contributed by atoms with Gasteiger partial charge in [-0.15, -0.1) is 0 Å². The smallest absolute Gasteiger partial charge is 0.306 e. The van der Waals surface area contributed by atoms with Gasteiger partial charge in [0.15, 0.2) is 0 Å². The van der Waals surface area contributed by atoms with Crippen molar-refractivity contribution in [1.82, 2.24) is 0 Å². The second kappa shape index (κ2) is 10.4. The molecule has 0 aromatic rings. The molecule has 0 aromatic heterocycles. The molecule has 3 heteroatoms. The average molecular weight is 256 g/mol. The van der Waals surface area contributed by atoms with Gasteiger partial charge >= 0.3 is 5.97 Å². The van der Waals surface area contributed by atoms with Gasteiger partial charge in [0.05, 0.1) is 6.61 Å². The summed E-state index contributed by atoms with van der Waals surface area (Å²) in [4.78, 5) is 11.7. The van der Waals surface area contributed by atoms with Crippen molar-refractivity contribution in [1.29, 1.82) is 0 Å². The zero-order chi connectivity index (χ0) is 13.1. The van der Waals surface area contributed by atoms with E-state index in [4.69, 9.17) is 9.47 Å². The number of hydrogen-bond donors (Lipinski definition) is 0. The zero-order valence-electron chi connectivity index (χ0n) is 11.8. The summed E-state index contributed by atoms with van der Waals surface area (Å²) in [7, 11) is 0. The SMILES string of the molecule is CCCCCC(=O)OC1CCCCCCOCC1. The number of hydrogen-bond acceptors (Lipinski definition) is 3. The first kappa shape index (κ1) is 15.5. The summed E-state index contributed by atoms with van der Waals surface area (Å²) in [6.45, 7) is 3.73. The molecule has 1 aliphatic heterocycles. The Morgan fingerprint density at radius 2 is 1.94 bits per heavy atom. The molecule has 106 valence electrons. The lowest BCUT2D eigenvalue weighted by molar-refractivity contribution is -0.150. The molecule has 0 radical (unpaired) electrons. The van der Waals surface area contributed by atoms with E-state index in [1.165, 1.54) is 25.7 Å². The van der Waals surface area contributed by atoms with Crippen molar-refractivity contribution in [2.24, 2.45) is 0 Å². The fourth-order valence-corrected chi connectivity index (χ4v) is 2.27. The fourth-order valence-electron chi connectivity index (χ4n) is 2.27. The molecule has 1 unspecified atom stereocenters. The van der Waals surface area contributed by atoms with Crippen LogP contribution >= 0.6 is 0 Å². The molecule has 18 heavy (non-hydrogen) atoms. The van der Waals surface area contributed by atoms with Crippen LogP contribution in [0.15, 0.2) is 0 Å². The molecule has 0 bridgehead atoms. The maximum Gasteiger partial charge on any atom is 0.306 e. The maximum absolute atomic E-state index is 11.7. The van der Waals surface area contributed by atoms with Crippen molar-refractivity contribution >= 4 is 5.97 Å². The van der Waals surface area contributed by atoms with Crippen LogP contribution in [-0.2, 0) is 14.3 Å². The van der Waals surface area contributed by atoms with Crippen molar-refractivity contribution in [3.05, 3.63) is 0 Å². The van der Waals surface area contributed by atoms with E-state index in [-0.39, 0.29) is 12.1 Å². The van der Waals surface area contributed by atoms with Gasteiger partial charge in [0.2, 0.25) is 0 Å². The van der Waals surface area contributed by atoms with E-state index in [9.17, 15) is 4.79 Å². The molecule has 0 N–H and O–H groups in total. The Bertz CT molecular complexity index is 206. The van der Waals surface area contributed by atoms with E-state index >= 15 is 0 Å². The fraction of sp³-hybridized carbons (Fsp3) is 0.933. The molecule has 1 rings (SSSR count). The van der Waals surface area contributed by atoms with E-state index in [0.29, 0.717) is 6.42 Å². The van der Waals surface area contributed by atoms with E-state index in [0.717, 1.165) is 45.3 Å². The second-order valence-corrected chi connectivity index (χ2v) is 5.17. The van der Waals surface area contributed by atoms with Gasteiger partial charge in [-0.2, -0.15) is 0 Å². The molecule has 1 fully saturated rings. The predicted molar refractivity (Wildman–Crippen MR) is 72.5 cm³/mol. The number of carbonyl (C=O) groups is 1. The molecule has 0 aliphatic carbocycles. The Balaban J connectivity index is 2.21. The molecule has 1 saturated heterocycles. The molecule has 3 nitrogen and oxygen atoms in total. The van der Waals surface area contributed by atoms with Crippen LogP contribution in [0, 0.1) is 0 Å². The minimum atomic E-state index is -0.0227. The van der Waals surface area contributed by atoms with Gasteiger partial charge in [-0.25, -0.2) is 0 Å². The van der Waals surface area contributed by atoms with Crippen LogP contribution < -0.4 is 0 Å². The van der Waals surface area contributed by atoms with Crippen molar-refractivity contribution in [2.75, 3.05) is 13.2 Å². The maximum atomic E-state index is 11.7. The average Bonchev–Trinajstić information content (AvgIpc) is 2.37. The minimum Gasteiger partial charge on any atom is -0.462 e. The first-order chi connectivity index (χ1) is 8.83. The third-order valence-electron chi connectivity index (χ3n) is 3.43. The van der Waals surface area contributed by atoms with E-state index in [2.05, 4.69) is 6.92 Å². The van der Waals surface area contributed by atoms with Crippen LogP contribution in [0.25, 0.3) is 0 Å². The number of rotatable bonds is 5. The summed E-state index contributed by atoms with van der Waals surface area (Å²) in [5.41, 5.74) is 0. The molecule has 1 atom stereocenters. The first-order valence-corrected chi connectivity index (χ1v) is 7.60. The highest BCUT2D eigenvalue weighted by Gasteiger charge is 2.14. The molecular weight excluding hydrogens is 228 g/mol. The zero-order valence-corrected chi connectivity index (χ0v) is 11.8. The highest BCUT2D eigenvalue weighted by atomic mass is 16.5. The summed E-state index contributed by atoms with van der Waals surface area (Å²) in [5.74, 6) is -0.0227. The molecular formula is C15H28O3. The van der Waals surface area contributed by atoms with Gasteiger partial charge < -0.3 is 9.47 Å². The monoisotopic (exact) mass is 256 g/mol. The van der Waals surface area contributed by atoms with Crippen molar-refractivity contribution in [3.8, 4) is 0 Å². The number of unbranched alkanes of at least 4 members (excludes halogenated alkanes) is 2. The Morgan fingerprint density at radius 1 is 1.11 bits per heavy atom. The topological polar surface area (TPSA) is 35.5 Å². The lowest BCUT2D eigenvalue weighted by Gasteiger charge is -2.19. The van der Waals surface area contributed by atoms with Crippen LogP contribution in [-0.4, -0.2) is 25.3 Å². The predicted octanol–water partition coefficient (Wildman–Crippen LogP) is 3.85. The molecule has 0 amide bonds. The van der Waals surface area contributed by atoms with Gasteiger partial charge in [-0.05, 0) is 25.7 Å². The molecule has 0 aromatic carbocycles. The number of ether oxygens (including phenoxy) is 2. The van der Waals surface area contributed by atoms with Crippen LogP contribution in [0.3, 0.4) is 0 Å². The third kappa shape index (κ3) is 7.70. The summed E-state index contributed by atoms with van der Waals surface area (Å²) in [5, 5.41) is 0. The highest BCUT2D eigenvalue weighted by molar-refractivity contribution is 5.69. The van der Waals surface area contributed by atoms with E-state index < -0.39 is 0 Å². The minimum absolute atomic E-state index is 0.0227. The lowest BCUT2D eigenvalue weighted by Crippen LogP contribution is -2.21.